The first-order valence-electron chi connectivity index (χ1n) is 8.50. The van der Waals surface area contributed by atoms with Gasteiger partial charge in [0.25, 0.3) is 0 Å². The van der Waals surface area contributed by atoms with Crippen LogP contribution in [0.4, 0.5) is 4.39 Å². The fourth-order valence-corrected chi connectivity index (χ4v) is 2.84. The van der Waals surface area contributed by atoms with Crippen molar-refractivity contribution in [1.82, 2.24) is 15.1 Å². The van der Waals surface area contributed by atoms with Crippen LogP contribution in [0.25, 0.3) is 0 Å². The van der Waals surface area contributed by atoms with Gasteiger partial charge in [-0.1, -0.05) is 6.07 Å². The van der Waals surface area contributed by atoms with Crippen molar-refractivity contribution < 1.29 is 28.2 Å². The number of hydrogen-bond acceptors (Lipinski definition) is 6. The van der Waals surface area contributed by atoms with Gasteiger partial charge in [-0.15, -0.1) is 0 Å². The number of likely N-dealkylation sites (N-methyl/N-ethyl adjacent to an activating group) is 1. The molecule has 2 rings (SSSR count). The molecule has 1 atom stereocenters. The van der Waals surface area contributed by atoms with Gasteiger partial charge in [0.05, 0.1) is 26.7 Å². The molecule has 0 saturated carbocycles. The fourth-order valence-electron chi connectivity index (χ4n) is 2.84. The second-order valence-electron chi connectivity index (χ2n) is 6.26. The largest absolute Gasteiger partial charge is 0.497 e. The molecular weight excluding hydrogens is 357 g/mol. The zero-order chi connectivity index (χ0) is 20.0. The number of rotatable bonds is 7. The number of carbonyl (C=O) groups excluding carboxylic acids is 3. The van der Waals surface area contributed by atoms with Crippen LogP contribution >= 0.6 is 0 Å². The van der Waals surface area contributed by atoms with E-state index in [1.807, 2.05) is 0 Å². The molecule has 2 amide bonds. The Bertz CT molecular complexity index is 712. The number of piperazine rings is 1. The number of nitrogens with one attached hydrogen (secondary N) is 1. The highest BCUT2D eigenvalue weighted by molar-refractivity contribution is 5.90. The summed E-state index contributed by atoms with van der Waals surface area (Å²) in [6.45, 7) is 0.883. The van der Waals surface area contributed by atoms with E-state index in [0.717, 1.165) is 0 Å². The first-order chi connectivity index (χ1) is 12.8. The molecular formula is C18H24FN3O5. The lowest BCUT2D eigenvalue weighted by molar-refractivity contribution is -0.147. The molecule has 0 spiro atoms. The first-order valence-corrected chi connectivity index (χ1v) is 8.50. The molecule has 27 heavy (non-hydrogen) atoms. The zero-order valence-electron chi connectivity index (χ0n) is 15.7. The maximum absolute atomic E-state index is 14.3. The number of carbonyl (C=O) groups is 3. The average molecular weight is 381 g/mol. The third-order valence-corrected chi connectivity index (χ3v) is 4.46. The Morgan fingerprint density at radius 1 is 1.37 bits per heavy atom. The highest BCUT2D eigenvalue weighted by atomic mass is 19.1. The van der Waals surface area contributed by atoms with Crippen LogP contribution in [0.3, 0.4) is 0 Å². The fraction of sp³-hybridized carbons (Fsp3) is 0.500. The molecule has 1 fully saturated rings. The van der Waals surface area contributed by atoms with Crippen molar-refractivity contribution in [3.8, 4) is 5.75 Å². The van der Waals surface area contributed by atoms with Crippen molar-refractivity contribution >= 4 is 17.8 Å². The van der Waals surface area contributed by atoms with Crippen LogP contribution < -0.4 is 10.1 Å². The van der Waals surface area contributed by atoms with Crippen molar-refractivity contribution in [3.63, 3.8) is 0 Å². The van der Waals surface area contributed by atoms with E-state index >= 15 is 0 Å². The summed E-state index contributed by atoms with van der Waals surface area (Å²) < 4.78 is 23.8. The Balaban J connectivity index is 2.09. The van der Waals surface area contributed by atoms with Crippen LogP contribution in [0, 0.1) is 5.82 Å². The number of nitrogens with zero attached hydrogens (tertiary/aromatic N) is 2. The molecule has 1 aliphatic heterocycles. The summed E-state index contributed by atoms with van der Waals surface area (Å²) in [4.78, 5) is 39.0. The molecule has 1 aromatic rings. The van der Waals surface area contributed by atoms with Gasteiger partial charge in [0.2, 0.25) is 11.8 Å². The van der Waals surface area contributed by atoms with E-state index in [1.165, 1.54) is 32.2 Å². The van der Waals surface area contributed by atoms with Crippen molar-refractivity contribution in [1.29, 1.82) is 0 Å². The van der Waals surface area contributed by atoms with Gasteiger partial charge in [0, 0.05) is 38.3 Å². The number of hydrogen-bond donors (Lipinski definition) is 1. The molecule has 1 N–H and O–H groups in total. The molecule has 0 unspecified atom stereocenters. The van der Waals surface area contributed by atoms with Gasteiger partial charge >= 0.3 is 5.97 Å². The molecule has 0 bridgehead atoms. The van der Waals surface area contributed by atoms with Gasteiger partial charge in [-0.2, -0.15) is 0 Å². The average Bonchev–Trinajstić information content (AvgIpc) is 2.65. The third kappa shape index (κ3) is 5.40. The lowest BCUT2D eigenvalue weighted by Crippen LogP contribution is -2.56. The summed E-state index contributed by atoms with van der Waals surface area (Å²) in [5, 5.41) is 2.72. The first kappa shape index (κ1) is 20.6. The van der Waals surface area contributed by atoms with Gasteiger partial charge < -0.3 is 19.7 Å². The van der Waals surface area contributed by atoms with Crippen LogP contribution in [0.1, 0.15) is 12.0 Å². The Morgan fingerprint density at radius 3 is 2.74 bits per heavy atom. The molecule has 9 heteroatoms. The second kappa shape index (κ2) is 9.31. The Labute approximate surface area is 157 Å². The van der Waals surface area contributed by atoms with Gasteiger partial charge in [-0.25, -0.2) is 4.39 Å². The summed E-state index contributed by atoms with van der Waals surface area (Å²) >= 11 is 0. The smallest absolute Gasteiger partial charge is 0.325 e. The Kier molecular flexibility index (Phi) is 7.12. The van der Waals surface area contributed by atoms with Crippen molar-refractivity contribution in [2.45, 2.75) is 19.0 Å². The van der Waals surface area contributed by atoms with Gasteiger partial charge in [0.15, 0.2) is 0 Å². The minimum atomic E-state index is -0.743. The summed E-state index contributed by atoms with van der Waals surface area (Å²) in [5.74, 6) is -1.24. The minimum Gasteiger partial charge on any atom is -0.497 e. The standard InChI is InChI=1S/C18H24FN3O5/c1-21(11-17(24)27-3)16(23)9-15-18(25)20-6-7-22(15)10-12-4-5-13(26-2)8-14(12)19/h4-5,8,15H,6-7,9-11H2,1-3H3,(H,20,25)/t15-/m1/s1. The number of ether oxygens (including phenoxy) is 2. The van der Waals surface area contributed by atoms with E-state index in [1.54, 1.807) is 17.0 Å². The van der Waals surface area contributed by atoms with Crippen LogP contribution in [-0.4, -0.2) is 74.5 Å². The molecule has 0 radical (unpaired) electrons. The maximum Gasteiger partial charge on any atom is 0.325 e. The monoisotopic (exact) mass is 381 g/mol. The number of esters is 1. The van der Waals surface area contributed by atoms with E-state index in [9.17, 15) is 18.8 Å². The minimum absolute atomic E-state index is 0.114. The van der Waals surface area contributed by atoms with Crippen LogP contribution in [-0.2, 0) is 25.7 Å². The van der Waals surface area contributed by atoms with Crippen molar-refractivity contribution in [3.05, 3.63) is 29.6 Å². The van der Waals surface area contributed by atoms with Gasteiger partial charge in [-0.3, -0.25) is 19.3 Å². The highest BCUT2D eigenvalue weighted by Gasteiger charge is 2.33. The lowest BCUT2D eigenvalue weighted by atomic mass is 10.1. The molecule has 1 saturated heterocycles. The highest BCUT2D eigenvalue weighted by Crippen LogP contribution is 2.20. The molecule has 1 aliphatic rings. The van der Waals surface area contributed by atoms with Gasteiger partial charge in [0.1, 0.15) is 18.1 Å². The summed E-state index contributed by atoms with van der Waals surface area (Å²) in [5.41, 5.74) is 0.408. The lowest BCUT2D eigenvalue weighted by Gasteiger charge is -2.35. The third-order valence-electron chi connectivity index (χ3n) is 4.46. The Morgan fingerprint density at radius 2 is 2.11 bits per heavy atom. The van der Waals surface area contributed by atoms with Crippen LogP contribution in [0.5, 0.6) is 5.75 Å². The van der Waals surface area contributed by atoms with Crippen LogP contribution in [0.2, 0.25) is 0 Å². The number of amides is 2. The molecule has 148 valence electrons. The molecule has 1 heterocycles. The molecule has 0 aromatic heterocycles. The molecule has 1 aromatic carbocycles. The summed E-state index contributed by atoms with van der Waals surface area (Å²) in [7, 11) is 4.16. The molecule has 8 nitrogen and oxygen atoms in total. The maximum atomic E-state index is 14.3. The van der Waals surface area contributed by atoms with E-state index < -0.39 is 17.8 Å². The number of halogens is 1. The quantitative estimate of drug-likeness (QED) is 0.677. The van der Waals surface area contributed by atoms with E-state index in [2.05, 4.69) is 10.1 Å². The van der Waals surface area contributed by atoms with E-state index in [4.69, 9.17) is 4.74 Å². The summed E-state index contributed by atoms with van der Waals surface area (Å²) in [6, 6.07) is 3.78. The van der Waals surface area contributed by atoms with E-state index in [0.29, 0.717) is 24.4 Å². The molecule has 0 aliphatic carbocycles. The Hall–Kier alpha value is -2.68. The zero-order valence-corrected chi connectivity index (χ0v) is 15.7. The SMILES string of the molecule is COC(=O)CN(C)C(=O)C[C@@H]1C(=O)NCCN1Cc1ccc(OC)cc1F. The van der Waals surface area contributed by atoms with Gasteiger partial charge in [-0.05, 0) is 6.07 Å². The van der Waals surface area contributed by atoms with Crippen LogP contribution in [0.15, 0.2) is 18.2 Å². The number of benzene rings is 1. The predicted octanol–water partition coefficient (Wildman–Crippen LogP) is 0.156. The predicted molar refractivity (Wildman–Crippen MR) is 94.4 cm³/mol. The normalized spacial score (nSPS) is 17.2. The van der Waals surface area contributed by atoms with E-state index in [-0.39, 0.29) is 31.3 Å². The summed E-state index contributed by atoms with van der Waals surface area (Å²) in [6.07, 6.45) is -0.114. The van der Waals surface area contributed by atoms with Crippen molar-refractivity contribution in [2.24, 2.45) is 0 Å². The van der Waals surface area contributed by atoms with Crippen molar-refractivity contribution in [2.75, 3.05) is 40.9 Å². The topological polar surface area (TPSA) is 88.2 Å². The number of methoxy groups -OCH3 is 2. The second-order valence-corrected chi connectivity index (χ2v) is 6.26.